The second-order valence-electron chi connectivity index (χ2n) is 6.24. The van der Waals surface area contributed by atoms with Gasteiger partial charge in [-0.05, 0) is 60.7 Å². The summed E-state index contributed by atoms with van der Waals surface area (Å²) in [5.41, 5.74) is 0.383. The lowest BCUT2D eigenvalue weighted by Gasteiger charge is -2.13. The van der Waals surface area contributed by atoms with Crippen molar-refractivity contribution in [3.63, 3.8) is 0 Å². The van der Waals surface area contributed by atoms with E-state index < -0.39 is 5.91 Å². The van der Waals surface area contributed by atoms with Crippen LogP contribution in [-0.2, 0) is 0 Å². The van der Waals surface area contributed by atoms with E-state index in [0.717, 1.165) is 0 Å². The van der Waals surface area contributed by atoms with Crippen LogP contribution in [0.25, 0.3) is 0 Å². The van der Waals surface area contributed by atoms with E-state index in [9.17, 15) is 13.6 Å². The number of rotatable bonds is 6. The second kappa shape index (κ2) is 8.48. The number of carbonyl (C=O) groups is 1. The number of halogens is 2. The van der Waals surface area contributed by atoms with Crippen LogP contribution in [0.15, 0.2) is 89.5 Å². The molecule has 0 unspecified atom stereocenters. The van der Waals surface area contributed by atoms with Crippen LogP contribution in [0.2, 0.25) is 0 Å². The molecular formula is C23H15F2NO4. The average molecular weight is 407 g/mol. The molecule has 0 radical (unpaired) electrons. The molecule has 1 aromatic heterocycles. The minimum atomic E-state index is -0.452. The quantitative estimate of drug-likeness (QED) is 0.402. The van der Waals surface area contributed by atoms with Gasteiger partial charge in [0, 0.05) is 23.9 Å². The predicted molar refractivity (Wildman–Crippen MR) is 106 cm³/mol. The van der Waals surface area contributed by atoms with Crippen LogP contribution in [0.3, 0.4) is 0 Å². The molecule has 1 amide bonds. The van der Waals surface area contributed by atoms with Crippen molar-refractivity contribution >= 4 is 11.6 Å². The lowest BCUT2D eigenvalue weighted by Crippen LogP contribution is -2.10. The zero-order valence-corrected chi connectivity index (χ0v) is 15.5. The Hall–Kier alpha value is -4.13. The number of nitrogens with one attached hydrogen (secondary N) is 1. The number of hydrogen-bond acceptors (Lipinski definition) is 4. The molecule has 0 spiro atoms. The summed E-state index contributed by atoms with van der Waals surface area (Å²) in [6.45, 7) is 0. The zero-order valence-electron chi connectivity index (χ0n) is 15.5. The molecule has 0 saturated heterocycles. The normalized spacial score (nSPS) is 10.5. The molecule has 150 valence electrons. The van der Waals surface area contributed by atoms with E-state index in [1.165, 1.54) is 60.9 Å². The fourth-order valence-corrected chi connectivity index (χ4v) is 2.64. The van der Waals surface area contributed by atoms with Crippen molar-refractivity contribution in [1.82, 2.24) is 0 Å². The van der Waals surface area contributed by atoms with Crippen molar-refractivity contribution in [2.45, 2.75) is 0 Å². The highest BCUT2D eigenvalue weighted by Gasteiger charge is 2.12. The van der Waals surface area contributed by atoms with Crippen molar-refractivity contribution in [3.05, 3.63) is 103 Å². The summed E-state index contributed by atoms with van der Waals surface area (Å²) in [6.07, 6.45) is 1.39. The van der Waals surface area contributed by atoms with Gasteiger partial charge in [-0.2, -0.15) is 0 Å². The van der Waals surface area contributed by atoms with Gasteiger partial charge in [0.15, 0.2) is 5.76 Å². The van der Waals surface area contributed by atoms with Gasteiger partial charge >= 0.3 is 0 Å². The number of ether oxygens (including phenoxy) is 2. The van der Waals surface area contributed by atoms with Crippen molar-refractivity contribution in [3.8, 4) is 23.0 Å². The predicted octanol–water partition coefficient (Wildman–Crippen LogP) is 6.39. The maximum absolute atomic E-state index is 13.1. The van der Waals surface area contributed by atoms with Crippen LogP contribution in [0, 0.1) is 11.6 Å². The van der Waals surface area contributed by atoms with Gasteiger partial charge < -0.3 is 19.2 Å². The van der Waals surface area contributed by atoms with Gasteiger partial charge in [0.25, 0.3) is 5.91 Å². The molecule has 30 heavy (non-hydrogen) atoms. The van der Waals surface area contributed by atoms with Gasteiger partial charge in [0.05, 0.1) is 6.26 Å². The molecule has 0 aliphatic heterocycles. The van der Waals surface area contributed by atoms with Crippen LogP contribution >= 0.6 is 0 Å². The van der Waals surface area contributed by atoms with E-state index in [2.05, 4.69) is 5.32 Å². The first kappa shape index (κ1) is 19.2. The van der Waals surface area contributed by atoms with E-state index in [1.54, 1.807) is 24.3 Å². The van der Waals surface area contributed by atoms with E-state index in [-0.39, 0.29) is 17.4 Å². The molecule has 5 nitrogen and oxygen atoms in total. The van der Waals surface area contributed by atoms with Gasteiger partial charge in [-0.15, -0.1) is 0 Å². The molecule has 0 atom stereocenters. The summed E-state index contributed by atoms with van der Waals surface area (Å²) in [5, 5.41) is 2.70. The van der Waals surface area contributed by atoms with Crippen molar-refractivity contribution < 1.29 is 27.5 Å². The van der Waals surface area contributed by atoms with Gasteiger partial charge in [-0.1, -0.05) is 0 Å². The van der Waals surface area contributed by atoms with Gasteiger partial charge in [-0.25, -0.2) is 8.78 Å². The monoisotopic (exact) mass is 407 g/mol. The van der Waals surface area contributed by atoms with Crippen molar-refractivity contribution in [1.29, 1.82) is 0 Å². The largest absolute Gasteiger partial charge is 0.459 e. The summed E-state index contributed by atoms with van der Waals surface area (Å²) < 4.78 is 42.9. The van der Waals surface area contributed by atoms with Crippen molar-refractivity contribution in [2.75, 3.05) is 5.32 Å². The van der Waals surface area contributed by atoms with E-state index >= 15 is 0 Å². The van der Waals surface area contributed by atoms with Crippen LogP contribution in [0.5, 0.6) is 23.0 Å². The standard InChI is InChI=1S/C23H15F2NO4/c24-15-3-7-18(8-4-15)29-20-12-17(26-23(27)22-2-1-11-28-22)13-21(14-20)30-19-9-5-16(25)6-10-19/h1-14H,(H,26,27). The van der Waals surface area contributed by atoms with Gasteiger partial charge in [0.2, 0.25) is 0 Å². The fraction of sp³-hybridized carbons (Fsp3) is 0. The molecule has 1 heterocycles. The molecule has 0 fully saturated rings. The SMILES string of the molecule is O=C(Nc1cc(Oc2ccc(F)cc2)cc(Oc2ccc(F)cc2)c1)c1ccco1. The van der Waals surface area contributed by atoms with Crippen LogP contribution in [-0.4, -0.2) is 5.91 Å². The van der Waals surface area contributed by atoms with E-state index in [1.807, 2.05) is 0 Å². The Bertz CT molecular complexity index is 1080. The Morgan fingerprint density at radius 3 is 1.73 bits per heavy atom. The maximum atomic E-state index is 13.1. The first-order chi connectivity index (χ1) is 14.5. The maximum Gasteiger partial charge on any atom is 0.291 e. The Labute approximate surface area is 170 Å². The lowest BCUT2D eigenvalue weighted by atomic mass is 10.2. The molecule has 0 bridgehead atoms. The highest BCUT2D eigenvalue weighted by atomic mass is 19.1. The number of furan rings is 1. The van der Waals surface area contributed by atoms with Crippen LogP contribution in [0.4, 0.5) is 14.5 Å². The number of carbonyl (C=O) groups excluding carboxylic acids is 1. The summed E-state index contributed by atoms with van der Waals surface area (Å²) in [7, 11) is 0. The minimum Gasteiger partial charge on any atom is -0.459 e. The summed E-state index contributed by atoms with van der Waals surface area (Å²) in [6, 6.07) is 18.9. The third kappa shape index (κ3) is 4.82. The lowest BCUT2D eigenvalue weighted by molar-refractivity contribution is 0.0996. The summed E-state index contributed by atoms with van der Waals surface area (Å²) in [5.74, 6) is 0.404. The van der Waals surface area contributed by atoms with Crippen LogP contribution < -0.4 is 14.8 Å². The van der Waals surface area contributed by atoms with Crippen LogP contribution in [0.1, 0.15) is 10.6 Å². The zero-order chi connectivity index (χ0) is 20.9. The molecule has 0 aliphatic rings. The highest BCUT2D eigenvalue weighted by Crippen LogP contribution is 2.32. The molecule has 1 N–H and O–H groups in total. The van der Waals surface area contributed by atoms with E-state index in [4.69, 9.17) is 13.9 Å². The Morgan fingerprint density at radius 1 is 0.733 bits per heavy atom. The number of hydrogen-bond donors (Lipinski definition) is 1. The molecule has 3 aromatic carbocycles. The molecule has 7 heteroatoms. The number of amides is 1. The number of benzene rings is 3. The molecule has 4 rings (SSSR count). The molecular weight excluding hydrogens is 392 g/mol. The smallest absolute Gasteiger partial charge is 0.291 e. The van der Waals surface area contributed by atoms with E-state index in [0.29, 0.717) is 28.7 Å². The highest BCUT2D eigenvalue weighted by molar-refractivity contribution is 6.02. The average Bonchev–Trinajstić information content (AvgIpc) is 3.26. The summed E-state index contributed by atoms with van der Waals surface area (Å²) >= 11 is 0. The fourth-order valence-electron chi connectivity index (χ4n) is 2.64. The van der Waals surface area contributed by atoms with Gasteiger partial charge in [-0.3, -0.25) is 4.79 Å². The van der Waals surface area contributed by atoms with Gasteiger partial charge in [0.1, 0.15) is 34.6 Å². The Morgan fingerprint density at radius 2 is 1.27 bits per heavy atom. The topological polar surface area (TPSA) is 60.7 Å². The molecule has 0 aliphatic carbocycles. The van der Waals surface area contributed by atoms with Crippen molar-refractivity contribution in [2.24, 2.45) is 0 Å². The first-order valence-corrected chi connectivity index (χ1v) is 8.92. The third-order valence-corrected chi connectivity index (χ3v) is 3.98. The third-order valence-electron chi connectivity index (χ3n) is 3.98. The summed E-state index contributed by atoms with van der Waals surface area (Å²) in [4.78, 5) is 12.3. The molecule has 0 saturated carbocycles. The molecule has 4 aromatic rings. The number of anilines is 1. The Kier molecular flexibility index (Phi) is 5.43. The first-order valence-electron chi connectivity index (χ1n) is 8.92. The Balaban J connectivity index is 1.62. The second-order valence-corrected chi connectivity index (χ2v) is 6.24. The minimum absolute atomic E-state index is 0.140.